The Bertz CT molecular complexity index is 320. The molecule has 0 bridgehead atoms. The van der Waals surface area contributed by atoms with Gasteiger partial charge in [-0.25, -0.2) is 4.98 Å². The first-order valence-electron chi connectivity index (χ1n) is 4.88. The molecule has 4 nitrogen and oxygen atoms in total. The highest BCUT2D eigenvalue weighted by Gasteiger charge is 2.05. The van der Waals surface area contributed by atoms with Gasteiger partial charge in [-0.3, -0.25) is 0 Å². The molecule has 15 heavy (non-hydrogen) atoms. The lowest BCUT2D eigenvalue weighted by Gasteiger charge is -2.13. The molecule has 0 fully saturated rings. The summed E-state index contributed by atoms with van der Waals surface area (Å²) in [4.78, 5) is 8.36. The highest BCUT2D eigenvalue weighted by atomic mass is 35.5. The zero-order valence-corrected chi connectivity index (χ0v) is 10.0. The lowest BCUT2D eigenvalue weighted by molar-refractivity contribution is 0.396. The monoisotopic (exact) mass is 229 g/mol. The van der Waals surface area contributed by atoms with Gasteiger partial charge in [-0.2, -0.15) is 4.98 Å². The van der Waals surface area contributed by atoms with Crippen LogP contribution in [0.15, 0.2) is 6.07 Å². The van der Waals surface area contributed by atoms with Crippen molar-refractivity contribution in [3.05, 3.63) is 11.9 Å². The number of alkyl halides is 1. The molecule has 1 aromatic rings. The maximum absolute atomic E-state index is 5.65. The third kappa shape index (κ3) is 3.91. The first-order chi connectivity index (χ1) is 7.15. The van der Waals surface area contributed by atoms with Gasteiger partial charge in [-0.05, 0) is 20.3 Å². The van der Waals surface area contributed by atoms with Gasteiger partial charge >= 0.3 is 0 Å². The van der Waals surface area contributed by atoms with E-state index in [1.54, 1.807) is 13.2 Å². The van der Waals surface area contributed by atoms with Crippen molar-refractivity contribution >= 4 is 17.4 Å². The molecule has 0 saturated carbocycles. The van der Waals surface area contributed by atoms with Crippen molar-refractivity contribution in [2.24, 2.45) is 0 Å². The van der Waals surface area contributed by atoms with E-state index in [0.717, 1.165) is 12.2 Å². The molecule has 84 valence electrons. The second-order valence-corrected chi connectivity index (χ2v) is 3.74. The Morgan fingerprint density at radius 1 is 1.53 bits per heavy atom. The fourth-order valence-corrected chi connectivity index (χ4v) is 1.53. The molecule has 1 unspecified atom stereocenters. The summed E-state index contributed by atoms with van der Waals surface area (Å²) >= 11 is 5.65. The highest BCUT2D eigenvalue weighted by Crippen LogP contribution is 2.14. The Hall–Kier alpha value is -1.03. The van der Waals surface area contributed by atoms with E-state index in [0.29, 0.717) is 23.6 Å². The lowest BCUT2D eigenvalue weighted by Crippen LogP contribution is -2.17. The van der Waals surface area contributed by atoms with E-state index in [2.05, 4.69) is 22.2 Å². The summed E-state index contributed by atoms with van der Waals surface area (Å²) in [6, 6.07) is 2.07. The third-order valence-corrected chi connectivity index (χ3v) is 2.18. The molecule has 1 atom stereocenters. The SMILES string of the molecule is COc1cc(NC(C)CCCl)nc(C)n1. The lowest BCUT2D eigenvalue weighted by atomic mass is 10.2. The molecular weight excluding hydrogens is 214 g/mol. The van der Waals surface area contributed by atoms with Gasteiger partial charge in [0.15, 0.2) is 0 Å². The van der Waals surface area contributed by atoms with Gasteiger partial charge in [0.1, 0.15) is 11.6 Å². The summed E-state index contributed by atoms with van der Waals surface area (Å²) in [5, 5.41) is 3.24. The Labute approximate surface area is 95.0 Å². The summed E-state index contributed by atoms with van der Waals surface area (Å²) < 4.78 is 5.06. The number of rotatable bonds is 5. The van der Waals surface area contributed by atoms with Crippen LogP contribution in [0.2, 0.25) is 0 Å². The van der Waals surface area contributed by atoms with Crippen LogP contribution in [-0.4, -0.2) is 29.0 Å². The Morgan fingerprint density at radius 3 is 2.87 bits per heavy atom. The number of methoxy groups -OCH3 is 1. The number of hydrogen-bond acceptors (Lipinski definition) is 4. The molecule has 0 aliphatic rings. The van der Waals surface area contributed by atoms with E-state index >= 15 is 0 Å². The predicted molar refractivity (Wildman–Crippen MR) is 61.7 cm³/mol. The van der Waals surface area contributed by atoms with E-state index in [1.165, 1.54) is 0 Å². The van der Waals surface area contributed by atoms with E-state index < -0.39 is 0 Å². The van der Waals surface area contributed by atoms with Crippen molar-refractivity contribution in [1.82, 2.24) is 9.97 Å². The van der Waals surface area contributed by atoms with Crippen molar-refractivity contribution < 1.29 is 4.74 Å². The molecular formula is C10H16ClN3O. The first-order valence-corrected chi connectivity index (χ1v) is 5.41. The van der Waals surface area contributed by atoms with Gasteiger partial charge in [-0.1, -0.05) is 0 Å². The van der Waals surface area contributed by atoms with Crippen molar-refractivity contribution in [2.75, 3.05) is 18.3 Å². The van der Waals surface area contributed by atoms with Crippen LogP contribution in [0.5, 0.6) is 5.88 Å². The van der Waals surface area contributed by atoms with E-state index in [4.69, 9.17) is 16.3 Å². The van der Waals surface area contributed by atoms with Crippen molar-refractivity contribution in [2.45, 2.75) is 26.3 Å². The van der Waals surface area contributed by atoms with Crippen molar-refractivity contribution in [3.63, 3.8) is 0 Å². The van der Waals surface area contributed by atoms with Crippen LogP contribution in [0, 0.1) is 6.92 Å². The number of hydrogen-bond donors (Lipinski definition) is 1. The topological polar surface area (TPSA) is 47.0 Å². The van der Waals surface area contributed by atoms with E-state index in [9.17, 15) is 0 Å². The van der Waals surface area contributed by atoms with Crippen LogP contribution in [0.1, 0.15) is 19.2 Å². The van der Waals surface area contributed by atoms with Gasteiger partial charge in [0.25, 0.3) is 0 Å². The van der Waals surface area contributed by atoms with Gasteiger partial charge in [-0.15, -0.1) is 11.6 Å². The molecule has 1 N–H and O–H groups in total. The summed E-state index contributed by atoms with van der Waals surface area (Å²) in [7, 11) is 1.59. The summed E-state index contributed by atoms with van der Waals surface area (Å²) in [6.45, 7) is 3.90. The number of anilines is 1. The molecule has 0 radical (unpaired) electrons. The average Bonchev–Trinajstić information content (AvgIpc) is 2.17. The maximum Gasteiger partial charge on any atom is 0.218 e. The zero-order valence-electron chi connectivity index (χ0n) is 9.25. The van der Waals surface area contributed by atoms with Crippen molar-refractivity contribution in [1.29, 1.82) is 0 Å². The van der Waals surface area contributed by atoms with Gasteiger partial charge in [0.2, 0.25) is 5.88 Å². The smallest absolute Gasteiger partial charge is 0.218 e. The molecule has 0 spiro atoms. The average molecular weight is 230 g/mol. The normalized spacial score (nSPS) is 12.3. The molecule has 0 amide bonds. The molecule has 0 aromatic carbocycles. The van der Waals surface area contributed by atoms with E-state index in [1.807, 2.05) is 6.92 Å². The van der Waals surface area contributed by atoms with Crippen LogP contribution >= 0.6 is 11.6 Å². The Morgan fingerprint density at radius 2 is 2.27 bits per heavy atom. The standard InChI is InChI=1S/C10H16ClN3O/c1-7(4-5-11)12-9-6-10(15-3)14-8(2)13-9/h6-7H,4-5H2,1-3H3,(H,12,13,14). The van der Waals surface area contributed by atoms with Crippen LogP contribution in [0.4, 0.5) is 5.82 Å². The molecule has 1 heterocycles. The minimum absolute atomic E-state index is 0.293. The number of aromatic nitrogens is 2. The van der Waals surface area contributed by atoms with Crippen molar-refractivity contribution in [3.8, 4) is 5.88 Å². The number of halogens is 1. The summed E-state index contributed by atoms with van der Waals surface area (Å²) in [5.74, 6) is 2.67. The van der Waals surface area contributed by atoms with Gasteiger partial charge < -0.3 is 10.1 Å². The summed E-state index contributed by atoms with van der Waals surface area (Å²) in [5.41, 5.74) is 0. The fourth-order valence-electron chi connectivity index (χ4n) is 1.21. The number of aryl methyl sites for hydroxylation is 1. The largest absolute Gasteiger partial charge is 0.481 e. The van der Waals surface area contributed by atoms with Crippen LogP contribution in [0.3, 0.4) is 0 Å². The number of ether oxygens (including phenoxy) is 1. The second-order valence-electron chi connectivity index (χ2n) is 3.37. The molecule has 0 aliphatic carbocycles. The van der Waals surface area contributed by atoms with Crippen LogP contribution < -0.4 is 10.1 Å². The predicted octanol–water partition coefficient (Wildman–Crippen LogP) is 2.22. The minimum Gasteiger partial charge on any atom is -0.481 e. The Balaban J connectivity index is 2.71. The maximum atomic E-state index is 5.65. The Kier molecular flexibility index (Phi) is 4.62. The molecule has 1 aromatic heterocycles. The molecule has 1 rings (SSSR count). The van der Waals surface area contributed by atoms with Crippen LogP contribution in [0.25, 0.3) is 0 Å². The van der Waals surface area contributed by atoms with Crippen LogP contribution in [-0.2, 0) is 0 Å². The molecule has 0 saturated heterocycles. The second kappa shape index (κ2) is 5.75. The third-order valence-electron chi connectivity index (χ3n) is 1.96. The number of nitrogens with zero attached hydrogens (tertiary/aromatic N) is 2. The van der Waals surface area contributed by atoms with Gasteiger partial charge in [0, 0.05) is 18.0 Å². The van der Waals surface area contributed by atoms with E-state index in [-0.39, 0.29) is 0 Å². The molecule has 0 aliphatic heterocycles. The quantitative estimate of drug-likeness (QED) is 0.787. The van der Waals surface area contributed by atoms with Gasteiger partial charge in [0.05, 0.1) is 7.11 Å². The summed E-state index contributed by atoms with van der Waals surface area (Å²) in [6.07, 6.45) is 0.896. The first kappa shape index (κ1) is 12.0. The molecule has 5 heteroatoms. The highest BCUT2D eigenvalue weighted by molar-refractivity contribution is 6.17. The fraction of sp³-hybridized carbons (Fsp3) is 0.600. The number of nitrogens with one attached hydrogen (secondary N) is 1. The minimum atomic E-state index is 0.293. The zero-order chi connectivity index (χ0) is 11.3.